The minimum atomic E-state index is 0.103. The first kappa shape index (κ1) is 11.4. The Bertz CT molecular complexity index is 597. The summed E-state index contributed by atoms with van der Waals surface area (Å²) in [6, 6.07) is 9.48. The van der Waals surface area contributed by atoms with Crippen LogP contribution in [0.1, 0.15) is 25.1 Å². The van der Waals surface area contributed by atoms with Crippen molar-refractivity contribution in [2.75, 3.05) is 0 Å². The average Bonchev–Trinajstić information content (AvgIpc) is 2.27. The second-order valence-corrected chi connectivity index (χ2v) is 4.27. The Kier molecular flexibility index (Phi) is 2.97. The van der Waals surface area contributed by atoms with Gasteiger partial charge in [-0.05, 0) is 39.0 Å². The normalized spacial score (nSPS) is 10.5. The third kappa shape index (κ3) is 2.36. The van der Waals surface area contributed by atoms with Crippen molar-refractivity contribution in [3.05, 3.63) is 35.5 Å². The highest BCUT2D eigenvalue weighted by molar-refractivity contribution is 5.86. The lowest BCUT2D eigenvalue weighted by Crippen LogP contribution is -2.06. The van der Waals surface area contributed by atoms with E-state index in [1.54, 1.807) is 6.07 Å². The molecule has 3 nitrogen and oxygen atoms in total. The maximum atomic E-state index is 8.91. The molecule has 0 aliphatic carbocycles. The molecule has 17 heavy (non-hydrogen) atoms. The molecule has 0 aliphatic heterocycles. The summed E-state index contributed by atoms with van der Waals surface area (Å²) in [7, 11) is 0. The van der Waals surface area contributed by atoms with E-state index in [0.717, 1.165) is 22.3 Å². The molecule has 0 spiro atoms. The first-order valence-electron chi connectivity index (χ1n) is 5.58. The van der Waals surface area contributed by atoms with Crippen molar-refractivity contribution in [2.24, 2.45) is 0 Å². The largest absolute Gasteiger partial charge is 0.490 e. The quantitative estimate of drug-likeness (QED) is 0.789. The molecule has 3 heteroatoms. The predicted octanol–water partition coefficient (Wildman–Crippen LogP) is 3.20. The number of rotatable bonds is 2. The Morgan fingerprint density at radius 1 is 1.29 bits per heavy atom. The van der Waals surface area contributed by atoms with Crippen LogP contribution in [-0.4, -0.2) is 11.1 Å². The number of pyridine rings is 1. The van der Waals surface area contributed by atoms with Crippen molar-refractivity contribution in [3.63, 3.8) is 0 Å². The highest BCUT2D eigenvalue weighted by atomic mass is 16.5. The highest BCUT2D eigenvalue weighted by Gasteiger charge is 2.07. The molecular formula is C14H14N2O. The Hall–Kier alpha value is -2.08. The van der Waals surface area contributed by atoms with Gasteiger partial charge in [-0.15, -0.1) is 0 Å². The van der Waals surface area contributed by atoms with Gasteiger partial charge in [-0.3, -0.25) is 4.98 Å². The molecule has 0 fully saturated rings. The van der Waals surface area contributed by atoms with E-state index < -0.39 is 0 Å². The van der Waals surface area contributed by atoms with E-state index in [2.05, 4.69) is 11.1 Å². The number of hydrogen-bond donors (Lipinski definition) is 0. The molecule has 2 aromatic rings. The number of ether oxygens (including phenoxy) is 1. The van der Waals surface area contributed by atoms with Crippen LogP contribution in [0.15, 0.2) is 24.3 Å². The smallest absolute Gasteiger partial charge is 0.130 e. The summed E-state index contributed by atoms with van der Waals surface area (Å²) in [5, 5.41) is 9.81. The molecule has 0 saturated heterocycles. The van der Waals surface area contributed by atoms with Gasteiger partial charge in [0.25, 0.3) is 0 Å². The van der Waals surface area contributed by atoms with Gasteiger partial charge in [0.05, 0.1) is 23.3 Å². The lowest BCUT2D eigenvalue weighted by Gasteiger charge is -2.13. The van der Waals surface area contributed by atoms with Crippen LogP contribution < -0.4 is 4.74 Å². The van der Waals surface area contributed by atoms with Crippen molar-refractivity contribution in [3.8, 4) is 11.8 Å². The van der Waals surface area contributed by atoms with Crippen LogP contribution in [0.5, 0.6) is 5.75 Å². The van der Waals surface area contributed by atoms with Crippen LogP contribution >= 0.6 is 0 Å². The van der Waals surface area contributed by atoms with E-state index >= 15 is 0 Å². The number of nitrogens with zero attached hydrogens (tertiary/aromatic N) is 2. The summed E-state index contributed by atoms with van der Waals surface area (Å²) < 4.78 is 5.76. The van der Waals surface area contributed by atoms with Gasteiger partial charge in [0.15, 0.2) is 0 Å². The molecule has 0 N–H and O–H groups in total. The van der Waals surface area contributed by atoms with Crippen LogP contribution in [0.4, 0.5) is 0 Å². The van der Waals surface area contributed by atoms with Gasteiger partial charge in [-0.1, -0.05) is 0 Å². The van der Waals surface area contributed by atoms with E-state index in [9.17, 15) is 0 Å². The Labute approximate surface area is 101 Å². The highest BCUT2D eigenvalue weighted by Crippen LogP contribution is 2.27. The SMILES string of the molecule is Cc1cc(OC(C)C)c2cc(C#N)ccc2n1. The summed E-state index contributed by atoms with van der Waals surface area (Å²) in [5.41, 5.74) is 2.40. The van der Waals surface area contributed by atoms with E-state index in [0.29, 0.717) is 5.56 Å². The first-order chi connectivity index (χ1) is 8.10. The van der Waals surface area contributed by atoms with E-state index in [1.807, 2.05) is 39.0 Å². The lowest BCUT2D eigenvalue weighted by atomic mass is 10.1. The molecule has 1 aromatic heterocycles. The fourth-order valence-electron chi connectivity index (χ4n) is 1.74. The number of hydrogen-bond acceptors (Lipinski definition) is 3. The van der Waals surface area contributed by atoms with Gasteiger partial charge in [0, 0.05) is 17.1 Å². The fraction of sp³-hybridized carbons (Fsp3) is 0.286. The maximum absolute atomic E-state index is 8.91. The standard InChI is InChI=1S/C14H14N2O/c1-9(2)17-14-6-10(3)16-13-5-4-11(8-15)7-12(13)14/h4-7,9H,1-3H3. The zero-order chi connectivity index (χ0) is 12.4. The van der Waals surface area contributed by atoms with Gasteiger partial charge in [-0.2, -0.15) is 5.26 Å². The molecule has 0 bridgehead atoms. The predicted molar refractivity (Wildman–Crippen MR) is 67.0 cm³/mol. The Balaban J connectivity index is 2.67. The van der Waals surface area contributed by atoms with Gasteiger partial charge in [0.1, 0.15) is 5.75 Å². The number of aryl methyl sites for hydroxylation is 1. The summed E-state index contributed by atoms with van der Waals surface area (Å²) in [6.45, 7) is 5.90. The van der Waals surface area contributed by atoms with Crippen LogP contribution in [0.25, 0.3) is 10.9 Å². The molecule has 0 unspecified atom stereocenters. The third-order valence-electron chi connectivity index (χ3n) is 2.39. The summed E-state index contributed by atoms with van der Waals surface area (Å²) in [4.78, 5) is 4.43. The minimum absolute atomic E-state index is 0.103. The third-order valence-corrected chi connectivity index (χ3v) is 2.39. The Morgan fingerprint density at radius 2 is 2.06 bits per heavy atom. The van der Waals surface area contributed by atoms with Crippen molar-refractivity contribution < 1.29 is 4.74 Å². The van der Waals surface area contributed by atoms with Gasteiger partial charge >= 0.3 is 0 Å². The van der Waals surface area contributed by atoms with Crippen LogP contribution in [0.3, 0.4) is 0 Å². The van der Waals surface area contributed by atoms with Crippen molar-refractivity contribution in [2.45, 2.75) is 26.9 Å². The Morgan fingerprint density at radius 3 is 2.71 bits per heavy atom. The van der Waals surface area contributed by atoms with Gasteiger partial charge in [-0.25, -0.2) is 0 Å². The van der Waals surface area contributed by atoms with E-state index in [-0.39, 0.29) is 6.10 Å². The number of aromatic nitrogens is 1. The van der Waals surface area contributed by atoms with Gasteiger partial charge < -0.3 is 4.74 Å². The monoisotopic (exact) mass is 226 g/mol. The molecule has 1 aromatic carbocycles. The molecule has 1 heterocycles. The zero-order valence-electron chi connectivity index (χ0n) is 10.2. The van der Waals surface area contributed by atoms with Gasteiger partial charge in [0.2, 0.25) is 0 Å². The minimum Gasteiger partial charge on any atom is -0.490 e. The molecule has 86 valence electrons. The first-order valence-corrected chi connectivity index (χ1v) is 5.58. The second-order valence-electron chi connectivity index (χ2n) is 4.27. The fourth-order valence-corrected chi connectivity index (χ4v) is 1.74. The van der Waals surface area contributed by atoms with Crippen LogP contribution in [0.2, 0.25) is 0 Å². The summed E-state index contributed by atoms with van der Waals surface area (Å²) in [6.07, 6.45) is 0.103. The molecule has 0 radical (unpaired) electrons. The van der Waals surface area contributed by atoms with Crippen molar-refractivity contribution >= 4 is 10.9 Å². The van der Waals surface area contributed by atoms with Crippen LogP contribution in [0, 0.1) is 18.3 Å². The maximum Gasteiger partial charge on any atom is 0.130 e. The van der Waals surface area contributed by atoms with Crippen molar-refractivity contribution in [1.82, 2.24) is 4.98 Å². The topological polar surface area (TPSA) is 45.9 Å². The molecule has 2 rings (SSSR count). The number of nitriles is 1. The summed E-state index contributed by atoms with van der Waals surface area (Å²) in [5.74, 6) is 0.791. The number of fused-ring (bicyclic) bond motifs is 1. The van der Waals surface area contributed by atoms with E-state index in [1.165, 1.54) is 0 Å². The number of benzene rings is 1. The molecular weight excluding hydrogens is 212 g/mol. The van der Waals surface area contributed by atoms with Crippen LogP contribution in [-0.2, 0) is 0 Å². The lowest BCUT2D eigenvalue weighted by molar-refractivity contribution is 0.245. The molecule has 0 saturated carbocycles. The molecule has 0 aliphatic rings. The van der Waals surface area contributed by atoms with E-state index in [4.69, 9.17) is 10.00 Å². The van der Waals surface area contributed by atoms with Crippen molar-refractivity contribution in [1.29, 1.82) is 5.26 Å². The zero-order valence-corrected chi connectivity index (χ0v) is 10.2. The second kappa shape index (κ2) is 4.42. The average molecular weight is 226 g/mol. The summed E-state index contributed by atoms with van der Waals surface area (Å²) >= 11 is 0. The molecule has 0 amide bonds. The molecule has 0 atom stereocenters.